The fraction of sp³-hybridized carbons (Fsp3) is 0.211. The number of carbonyl (C=O) groups excluding carboxylic acids is 1. The van der Waals surface area contributed by atoms with E-state index in [1.165, 1.54) is 11.7 Å². The topological polar surface area (TPSA) is 107 Å². The van der Waals surface area contributed by atoms with Crippen LogP contribution in [0.15, 0.2) is 46.6 Å². The van der Waals surface area contributed by atoms with E-state index in [4.69, 9.17) is 15.2 Å². The summed E-state index contributed by atoms with van der Waals surface area (Å²) in [5, 5.41) is 9.56. The van der Waals surface area contributed by atoms with E-state index in [9.17, 15) is 14.9 Å². The summed E-state index contributed by atoms with van der Waals surface area (Å²) in [5.74, 6) is -0.834. The molecular weight excluding hydrogens is 334 g/mol. The minimum absolute atomic E-state index is 0.0327. The Hall–Kier alpha value is -3.53. The van der Waals surface area contributed by atoms with Gasteiger partial charge in [0.05, 0.1) is 24.2 Å². The second-order valence-electron chi connectivity index (χ2n) is 5.97. The number of nitrogens with zero attached hydrogens (tertiary/aromatic N) is 2. The molecule has 26 heavy (non-hydrogen) atoms. The van der Waals surface area contributed by atoms with Crippen molar-refractivity contribution in [3.63, 3.8) is 0 Å². The molecule has 0 aliphatic carbocycles. The SMILES string of the molecule is COC(=O)c1ccc([C@@H]2C(C#N)=C(N)Oc3cc(C)n(C)c(=O)c32)cc1. The maximum Gasteiger partial charge on any atom is 0.337 e. The summed E-state index contributed by atoms with van der Waals surface area (Å²) in [6, 6.07) is 10.3. The number of nitrogens with two attached hydrogens (primary N) is 1. The number of aryl methyl sites for hydroxylation is 1. The maximum absolute atomic E-state index is 12.8. The highest BCUT2D eigenvalue weighted by Gasteiger charge is 2.34. The van der Waals surface area contributed by atoms with E-state index in [0.29, 0.717) is 28.1 Å². The zero-order chi connectivity index (χ0) is 19.0. The number of hydrogen-bond donors (Lipinski definition) is 1. The van der Waals surface area contributed by atoms with Crippen LogP contribution in [0.2, 0.25) is 0 Å². The maximum atomic E-state index is 12.8. The molecule has 2 N–H and O–H groups in total. The number of pyridine rings is 1. The summed E-state index contributed by atoms with van der Waals surface area (Å²) in [5.41, 5.74) is 7.90. The Bertz CT molecular complexity index is 1030. The van der Waals surface area contributed by atoms with Gasteiger partial charge in [-0.1, -0.05) is 12.1 Å². The fourth-order valence-corrected chi connectivity index (χ4v) is 3.00. The standard InChI is InChI=1S/C19H17N3O4/c1-10-8-14-16(18(23)22(10)2)15(13(9-20)17(21)26-14)11-4-6-12(7-5-11)19(24)25-3/h4-8,15H,21H2,1-3H3/t15-/m1/s1. The Morgan fingerprint density at radius 2 is 2.00 bits per heavy atom. The van der Waals surface area contributed by atoms with Crippen molar-refractivity contribution in [2.24, 2.45) is 12.8 Å². The lowest BCUT2D eigenvalue weighted by Gasteiger charge is -2.26. The monoisotopic (exact) mass is 351 g/mol. The van der Waals surface area contributed by atoms with E-state index in [2.05, 4.69) is 0 Å². The summed E-state index contributed by atoms with van der Waals surface area (Å²) in [4.78, 5) is 24.5. The molecule has 3 rings (SSSR count). The van der Waals surface area contributed by atoms with Gasteiger partial charge in [-0.15, -0.1) is 0 Å². The van der Waals surface area contributed by atoms with Gasteiger partial charge in [0.25, 0.3) is 5.56 Å². The predicted octanol–water partition coefficient (Wildman–Crippen LogP) is 1.70. The zero-order valence-electron chi connectivity index (χ0n) is 14.6. The van der Waals surface area contributed by atoms with E-state index in [0.717, 1.165) is 0 Å². The van der Waals surface area contributed by atoms with Gasteiger partial charge in [0, 0.05) is 18.8 Å². The van der Waals surface area contributed by atoms with Gasteiger partial charge >= 0.3 is 5.97 Å². The normalized spacial score (nSPS) is 15.7. The van der Waals surface area contributed by atoms with Crippen LogP contribution in [-0.4, -0.2) is 17.6 Å². The Morgan fingerprint density at radius 3 is 2.58 bits per heavy atom. The van der Waals surface area contributed by atoms with Gasteiger partial charge < -0.3 is 19.8 Å². The summed E-state index contributed by atoms with van der Waals surface area (Å²) >= 11 is 0. The second-order valence-corrected chi connectivity index (χ2v) is 5.97. The van der Waals surface area contributed by atoms with Crippen molar-refractivity contribution in [3.8, 4) is 11.8 Å². The molecule has 132 valence electrons. The quantitative estimate of drug-likeness (QED) is 0.825. The molecule has 1 aliphatic heterocycles. The minimum Gasteiger partial charge on any atom is -0.465 e. The summed E-state index contributed by atoms with van der Waals surface area (Å²) in [7, 11) is 2.96. The Labute approximate surface area is 149 Å². The molecule has 1 aromatic heterocycles. The van der Waals surface area contributed by atoms with Crippen molar-refractivity contribution >= 4 is 5.97 Å². The molecule has 7 nitrogen and oxygen atoms in total. The van der Waals surface area contributed by atoms with Gasteiger partial charge in [-0.2, -0.15) is 5.26 Å². The lowest BCUT2D eigenvalue weighted by atomic mass is 9.83. The molecule has 1 aromatic carbocycles. The lowest BCUT2D eigenvalue weighted by molar-refractivity contribution is 0.0600. The third-order valence-electron chi connectivity index (χ3n) is 4.52. The van der Waals surface area contributed by atoms with Crippen LogP contribution in [0.4, 0.5) is 0 Å². The van der Waals surface area contributed by atoms with Crippen molar-refractivity contribution in [2.45, 2.75) is 12.8 Å². The number of fused-ring (bicyclic) bond motifs is 1. The lowest BCUT2D eigenvalue weighted by Crippen LogP contribution is -2.31. The Balaban J connectivity index is 2.23. The second kappa shape index (κ2) is 6.41. The molecule has 0 radical (unpaired) electrons. The Kier molecular flexibility index (Phi) is 4.26. The number of carbonyl (C=O) groups is 1. The first-order chi connectivity index (χ1) is 12.4. The first-order valence-corrected chi connectivity index (χ1v) is 7.85. The van der Waals surface area contributed by atoms with E-state index in [-0.39, 0.29) is 17.0 Å². The molecule has 1 aliphatic rings. The first kappa shape index (κ1) is 17.3. The molecule has 0 fully saturated rings. The van der Waals surface area contributed by atoms with Crippen LogP contribution in [0.3, 0.4) is 0 Å². The molecule has 2 aromatic rings. The highest BCUT2D eigenvalue weighted by molar-refractivity contribution is 5.89. The van der Waals surface area contributed by atoms with Gasteiger partial charge in [0.1, 0.15) is 17.4 Å². The van der Waals surface area contributed by atoms with E-state index in [1.54, 1.807) is 44.3 Å². The highest BCUT2D eigenvalue weighted by atomic mass is 16.5. The van der Waals surface area contributed by atoms with Gasteiger partial charge in [-0.25, -0.2) is 4.79 Å². The third-order valence-corrected chi connectivity index (χ3v) is 4.52. The number of rotatable bonds is 2. The molecule has 0 amide bonds. The summed E-state index contributed by atoms with van der Waals surface area (Å²) < 4.78 is 11.7. The van der Waals surface area contributed by atoms with Crippen molar-refractivity contribution in [2.75, 3.05) is 7.11 Å². The zero-order valence-corrected chi connectivity index (χ0v) is 14.6. The molecule has 0 unspecified atom stereocenters. The number of nitriles is 1. The smallest absolute Gasteiger partial charge is 0.337 e. The van der Waals surface area contributed by atoms with Crippen LogP contribution in [0.25, 0.3) is 0 Å². The Morgan fingerprint density at radius 1 is 1.35 bits per heavy atom. The number of allylic oxidation sites excluding steroid dienone is 1. The van der Waals surface area contributed by atoms with Crippen molar-refractivity contribution < 1.29 is 14.3 Å². The van der Waals surface area contributed by atoms with Crippen molar-refractivity contribution in [1.82, 2.24) is 4.57 Å². The molecule has 0 saturated carbocycles. The van der Waals surface area contributed by atoms with E-state index < -0.39 is 11.9 Å². The van der Waals surface area contributed by atoms with Gasteiger partial charge in [-0.3, -0.25) is 4.79 Å². The van der Waals surface area contributed by atoms with E-state index in [1.807, 2.05) is 6.07 Å². The molecule has 0 bridgehead atoms. The molecule has 0 saturated heterocycles. The van der Waals surface area contributed by atoms with Crippen LogP contribution in [-0.2, 0) is 11.8 Å². The van der Waals surface area contributed by atoms with Crippen molar-refractivity contribution in [1.29, 1.82) is 5.26 Å². The van der Waals surface area contributed by atoms with Crippen LogP contribution in [0, 0.1) is 18.3 Å². The number of hydrogen-bond acceptors (Lipinski definition) is 6. The summed E-state index contributed by atoms with van der Waals surface area (Å²) in [6.07, 6.45) is 0. The fourth-order valence-electron chi connectivity index (χ4n) is 3.00. The van der Waals surface area contributed by atoms with Crippen LogP contribution in [0.1, 0.15) is 33.1 Å². The van der Waals surface area contributed by atoms with E-state index >= 15 is 0 Å². The highest BCUT2D eigenvalue weighted by Crippen LogP contribution is 2.40. The van der Waals surface area contributed by atoms with Crippen LogP contribution < -0.4 is 16.0 Å². The molecule has 2 heterocycles. The third kappa shape index (κ3) is 2.62. The van der Waals surface area contributed by atoms with Crippen LogP contribution >= 0.6 is 0 Å². The molecule has 0 spiro atoms. The number of ether oxygens (including phenoxy) is 2. The van der Waals surface area contributed by atoms with Gasteiger partial charge in [0.2, 0.25) is 5.88 Å². The molecule has 1 atom stereocenters. The molecular formula is C19H17N3O4. The van der Waals surface area contributed by atoms with Gasteiger partial charge in [0.15, 0.2) is 0 Å². The van der Waals surface area contributed by atoms with Gasteiger partial charge in [-0.05, 0) is 24.6 Å². The largest absolute Gasteiger partial charge is 0.465 e. The summed E-state index contributed by atoms with van der Waals surface area (Å²) in [6.45, 7) is 1.78. The number of aromatic nitrogens is 1. The number of esters is 1. The first-order valence-electron chi connectivity index (χ1n) is 7.85. The average Bonchev–Trinajstić information content (AvgIpc) is 2.64. The van der Waals surface area contributed by atoms with Crippen LogP contribution in [0.5, 0.6) is 5.75 Å². The number of methoxy groups -OCH3 is 1. The minimum atomic E-state index is -0.672. The molecule has 7 heteroatoms. The number of benzene rings is 1. The average molecular weight is 351 g/mol. The predicted molar refractivity (Wildman–Crippen MR) is 93.5 cm³/mol. The van der Waals surface area contributed by atoms with Crippen molar-refractivity contribution in [3.05, 3.63) is 74.5 Å².